The minimum absolute atomic E-state index is 0.0582. The summed E-state index contributed by atoms with van der Waals surface area (Å²) in [6.07, 6.45) is 1.04. The van der Waals surface area contributed by atoms with Gasteiger partial charge in [-0.15, -0.1) is 0 Å². The molecule has 1 aliphatic rings. The van der Waals surface area contributed by atoms with Crippen LogP contribution in [0.5, 0.6) is 5.75 Å². The summed E-state index contributed by atoms with van der Waals surface area (Å²) in [5, 5.41) is 6.48. The minimum Gasteiger partial charge on any atom is -0.497 e. The number of hydrogen-bond acceptors (Lipinski definition) is 4. The molecule has 27 heavy (non-hydrogen) atoms. The lowest BCUT2D eigenvalue weighted by Crippen LogP contribution is -2.49. The highest BCUT2D eigenvalue weighted by molar-refractivity contribution is 5.78. The van der Waals surface area contributed by atoms with Gasteiger partial charge in [0.2, 0.25) is 5.91 Å². The molecule has 5 nitrogen and oxygen atoms in total. The van der Waals surface area contributed by atoms with Crippen LogP contribution in [0.1, 0.15) is 29.7 Å². The Bertz CT molecular complexity index is 728. The summed E-state index contributed by atoms with van der Waals surface area (Å²) < 4.78 is 5.16. The number of nitrogens with zero attached hydrogens (tertiary/aromatic N) is 1. The number of carbonyl (C=O) groups is 1. The summed E-state index contributed by atoms with van der Waals surface area (Å²) in [4.78, 5) is 14.8. The van der Waals surface area contributed by atoms with Gasteiger partial charge in [0.15, 0.2) is 0 Å². The van der Waals surface area contributed by atoms with Gasteiger partial charge in [-0.25, -0.2) is 0 Å². The number of aryl methyl sites for hydroxylation is 1. The molecule has 1 unspecified atom stereocenters. The number of amides is 1. The highest BCUT2D eigenvalue weighted by atomic mass is 16.5. The molecule has 1 atom stereocenters. The molecule has 0 aliphatic carbocycles. The zero-order valence-electron chi connectivity index (χ0n) is 16.2. The van der Waals surface area contributed by atoms with Crippen LogP contribution in [0.25, 0.3) is 0 Å². The molecule has 1 aliphatic heterocycles. The van der Waals surface area contributed by atoms with Crippen molar-refractivity contribution in [1.29, 1.82) is 0 Å². The van der Waals surface area contributed by atoms with Crippen molar-refractivity contribution in [1.82, 2.24) is 15.5 Å². The molecule has 5 heteroatoms. The molecule has 0 spiro atoms. The van der Waals surface area contributed by atoms with E-state index in [9.17, 15) is 4.79 Å². The average molecular weight is 367 g/mol. The van der Waals surface area contributed by atoms with Gasteiger partial charge in [0.25, 0.3) is 0 Å². The van der Waals surface area contributed by atoms with Gasteiger partial charge in [-0.3, -0.25) is 9.69 Å². The van der Waals surface area contributed by atoms with Crippen molar-refractivity contribution in [3.05, 3.63) is 65.2 Å². The van der Waals surface area contributed by atoms with Crippen LogP contribution in [0.15, 0.2) is 48.5 Å². The number of benzene rings is 2. The fourth-order valence-corrected chi connectivity index (χ4v) is 3.42. The van der Waals surface area contributed by atoms with Crippen LogP contribution in [-0.2, 0) is 17.8 Å². The van der Waals surface area contributed by atoms with Gasteiger partial charge in [0.1, 0.15) is 5.75 Å². The van der Waals surface area contributed by atoms with E-state index in [-0.39, 0.29) is 11.9 Å². The van der Waals surface area contributed by atoms with E-state index in [2.05, 4.69) is 46.7 Å². The summed E-state index contributed by atoms with van der Waals surface area (Å²) in [5.41, 5.74) is 3.67. The van der Waals surface area contributed by atoms with Crippen LogP contribution < -0.4 is 15.4 Å². The molecule has 1 heterocycles. The van der Waals surface area contributed by atoms with Gasteiger partial charge in [-0.1, -0.05) is 43.3 Å². The van der Waals surface area contributed by atoms with Gasteiger partial charge in [0, 0.05) is 32.2 Å². The Morgan fingerprint density at radius 2 is 1.85 bits per heavy atom. The van der Waals surface area contributed by atoms with E-state index in [1.165, 1.54) is 11.1 Å². The third kappa shape index (κ3) is 5.31. The smallest absolute Gasteiger partial charge is 0.234 e. The van der Waals surface area contributed by atoms with Gasteiger partial charge in [0.05, 0.1) is 13.7 Å². The lowest BCUT2D eigenvalue weighted by atomic mass is 10.0. The second-order valence-corrected chi connectivity index (χ2v) is 6.91. The summed E-state index contributed by atoms with van der Waals surface area (Å²) in [6.45, 7) is 5.77. The van der Waals surface area contributed by atoms with Crippen molar-refractivity contribution in [2.24, 2.45) is 0 Å². The first-order valence-corrected chi connectivity index (χ1v) is 9.63. The number of nitrogens with one attached hydrogen (secondary N) is 2. The largest absolute Gasteiger partial charge is 0.497 e. The van der Waals surface area contributed by atoms with Crippen molar-refractivity contribution in [3.63, 3.8) is 0 Å². The summed E-state index contributed by atoms with van der Waals surface area (Å²) >= 11 is 0. The summed E-state index contributed by atoms with van der Waals surface area (Å²) in [6, 6.07) is 16.8. The van der Waals surface area contributed by atoms with E-state index in [1.807, 2.05) is 24.3 Å². The Morgan fingerprint density at radius 3 is 2.52 bits per heavy atom. The molecular formula is C22H29N3O2. The highest BCUT2D eigenvalue weighted by Crippen LogP contribution is 2.22. The first kappa shape index (κ1) is 19.4. The lowest BCUT2D eigenvalue weighted by Gasteiger charge is -2.36. The fourth-order valence-electron chi connectivity index (χ4n) is 3.42. The van der Waals surface area contributed by atoms with Crippen molar-refractivity contribution in [2.45, 2.75) is 25.9 Å². The molecule has 1 saturated heterocycles. The molecule has 2 aromatic rings. The van der Waals surface area contributed by atoms with Crippen LogP contribution in [0, 0.1) is 0 Å². The van der Waals surface area contributed by atoms with Crippen LogP contribution in [0.2, 0.25) is 0 Å². The summed E-state index contributed by atoms with van der Waals surface area (Å²) in [5.74, 6) is 0.880. The normalized spacial score (nSPS) is 17.5. The minimum atomic E-state index is 0.0582. The molecule has 144 valence electrons. The standard InChI is InChI=1S/C22H29N3O2/c1-3-17-4-8-19(9-5-17)21-15-23-12-13-25(21)16-22(26)24-14-18-6-10-20(27-2)11-7-18/h4-11,21,23H,3,12-16H2,1-2H3,(H,24,26). The molecule has 1 fully saturated rings. The number of carbonyl (C=O) groups excluding carboxylic acids is 1. The maximum atomic E-state index is 12.5. The highest BCUT2D eigenvalue weighted by Gasteiger charge is 2.25. The SMILES string of the molecule is CCc1ccc(C2CNCCN2CC(=O)NCc2ccc(OC)cc2)cc1. The maximum absolute atomic E-state index is 12.5. The van der Waals surface area contributed by atoms with Crippen LogP contribution >= 0.6 is 0 Å². The molecule has 1 amide bonds. The maximum Gasteiger partial charge on any atom is 0.234 e. The van der Waals surface area contributed by atoms with E-state index >= 15 is 0 Å². The molecule has 0 radical (unpaired) electrons. The third-order valence-electron chi connectivity index (χ3n) is 5.12. The fraction of sp³-hybridized carbons (Fsp3) is 0.409. The number of rotatable bonds is 7. The monoisotopic (exact) mass is 367 g/mol. The van der Waals surface area contributed by atoms with Gasteiger partial charge in [-0.05, 0) is 35.2 Å². The second kappa shape index (κ2) is 9.53. The third-order valence-corrected chi connectivity index (χ3v) is 5.12. The molecule has 0 saturated carbocycles. The average Bonchev–Trinajstić information content (AvgIpc) is 2.73. The molecule has 0 aromatic heterocycles. The number of hydrogen-bond donors (Lipinski definition) is 2. The molecule has 0 bridgehead atoms. The predicted molar refractivity (Wildman–Crippen MR) is 108 cm³/mol. The lowest BCUT2D eigenvalue weighted by molar-refractivity contribution is -0.123. The van der Waals surface area contributed by atoms with Crippen molar-refractivity contribution >= 4 is 5.91 Å². The van der Waals surface area contributed by atoms with Gasteiger partial charge < -0.3 is 15.4 Å². The molecule has 2 N–H and O–H groups in total. The van der Waals surface area contributed by atoms with Crippen LogP contribution in [0.4, 0.5) is 0 Å². The van der Waals surface area contributed by atoms with Crippen LogP contribution in [-0.4, -0.2) is 44.1 Å². The topological polar surface area (TPSA) is 53.6 Å². The predicted octanol–water partition coefficient (Wildman–Crippen LogP) is 2.52. The number of ether oxygens (including phenoxy) is 1. The molecular weight excluding hydrogens is 338 g/mol. The van der Waals surface area contributed by atoms with Crippen molar-refractivity contribution in [2.75, 3.05) is 33.3 Å². The van der Waals surface area contributed by atoms with E-state index < -0.39 is 0 Å². The van der Waals surface area contributed by atoms with E-state index in [4.69, 9.17) is 4.74 Å². The number of methoxy groups -OCH3 is 1. The van der Waals surface area contributed by atoms with Crippen molar-refractivity contribution < 1.29 is 9.53 Å². The number of piperazine rings is 1. The first-order valence-electron chi connectivity index (χ1n) is 9.63. The molecule has 2 aromatic carbocycles. The first-order chi connectivity index (χ1) is 13.2. The summed E-state index contributed by atoms with van der Waals surface area (Å²) in [7, 11) is 1.65. The quantitative estimate of drug-likeness (QED) is 0.790. The molecule has 3 rings (SSSR count). The van der Waals surface area contributed by atoms with E-state index in [0.29, 0.717) is 13.1 Å². The van der Waals surface area contributed by atoms with Crippen LogP contribution in [0.3, 0.4) is 0 Å². The van der Waals surface area contributed by atoms with E-state index in [1.54, 1.807) is 7.11 Å². The Morgan fingerprint density at radius 1 is 1.15 bits per heavy atom. The Hall–Kier alpha value is -2.37. The second-order valence-electron chi connectivity index (χ2n) is 6.91. The Kier molecular flexibility index (Phi) is 6.85. The zero-order valence-corrected chi connectivity index (χ0v) is 16.2. The van der Waals surface area contributed by atoms with E-state index in [0.717, 1.165) is 37.4 Å². The Labute approximate surface area is 161 Å². The van der Waals surface area contributed by atoms with Crippen molar-refractivity contribution in [3.8, 4) is 5.75 Å². The van der Waals surface area contributed by atoms with Gasteiger partial charge >= 0.3 is 0 Å². The van der Waals surface area contributed by atoms with Gasteiger partial charge in [-0.2, -0.15) is 0 Å². The Balaban J connectivity index is 1.56. The zero-order chi connectivity index (χ0) is 19.1.